The molecule has 4 nitrogen and oxygen atoms in total. The summed E-state index contributed by atoms with van der Waals surface area (Å²) in [6.45, 7) is 3.36. The molecule has 0 bridgehead atoms. The minimum atomic E-state index is 0.513. The first-order valence-electron chi connectivity index (χ1n) is 6.06. The molecule has 0 unspecified atom stereocenters. The summed E-state index contributed by atoms with van der Waals surface area (Å²) in [7, 11) is 2.02. The number of aryl methyl sites for hydroxylation is 1. The normalized spacial score (nSPS) is 10.9. The quantitative estimate of drug-likeness (QED) is 0.933. The van der Waals surface area contributed by atoms with Crippen LogP contribution in [0.15, 0.2) is 30.3 Å². The molecule has 1 heterocycles. The fourth-order valence-electron chi connectivity index (χ4n) is 1.97. The first-order chi connectivity index (χ1) is 9.02. The van der Waals surface area contributed by atoms with Gasteiger partial charge in [0.2, 0.25) is 0 Å². The summed E-state index contributed by atoms with van der Waals surface area (Å²) in [5, 5.41) is 0.752. The van der Waals surface area contributed by atoms with Gasteiger partial charge in [0, 0.05) is 23.3 Å². The molecule has 0 aliphatic rings. The van der Waals surface area contributed by atoms with Crippen molar-refractivity contribution in [1.82, 2.24) is 14.9 Å². The van der Waals surface area contributed by atoms with Crippen LogP contribution in [-0.2, 0) is 13.1 Å². The molecule has 2 aromatic rings. The Labute approximate surface area is 118 Å². The molecule has 2 rings (SSSR count). The highest BCUT2D eigenvalue weighted by atomic mass is 35.5. The number of hydrogen-bond donors (Lipinski definition) is 1. The maximum absolute atomic E-state index is 5.97. The lowest BCUT2D eigenvalue weighted by molar-refractivity contribution is 0.310. The fraction of sp³-hybridized carbons (Fsp3) is 0.286. The van der Waals surface area contributed by atoms with E-state index in [-0.39, 0.29) is 0 Å². The Morgan fingerprint density at radius 3 is 2.68 bits per heavy atom. The number of benzene rings is 1. The molecule has 2 N–H and O–H groups in total. The summed E-state index contributed by atoms with van der Waals surface area (Å²) < 4.78 is 0. The molecule has 1 aromatic carbocycles. The summed E-state index contributed by atoms with van der Waals surface area (Å²) >= 11 is 5.97. The lowest BCUT2D eigenvalue weighted by Crippen LogP contribution is -2.19. The van der Waals surface area contributed by atoms with E-state index in [2.05, 4.69) is 14.9 Å². The third-order valence-electron chi connectivity index (χ3n) is 2.67. The number of aromatic nitrogens is 2. The molecule has 5 heteroatoms. The standard InChI is InChI=1S/C14H17ClN4/c1-10-6-13(16)18-14(17-10)9-19(2)8-11-4-3-5-12(15)7-11/h3-7H,8-9H2,1-2H3,(H2,16,17,18). The second kappa shape index (κ2) is 5.99. The third-order valence-corrected chi connectivity index (χ3v) is 2.91. The van der Waals surface area contributed by atoms with Gasteiger partial charge in [0.15, 0.2) is 0 Å². The van der Waals surface area contributed by atoms with E-state index in [0.29, 0.717) is 12.4 Å². The van der Waals surface area contributed by atoms with Crippen molar-refractivity contribution in [2.24, 2.45) is 0 Å². The number of hydrogen-bond acceptors (Lipinski definition) is 4. The molecule has 100 valence electrons. The molecular formula is C14H17ClN4. The minimum absolute atomic E-state index is 0.513. The summed E-state index contributed by atoms with van der Waals surface area (Å²) in [4.78, 5) is 10.7. The number of nitrogens with zero attached hydrogens (tertiary/aromatic N) is 3. The van der Waals surface area contributed by atoms with Gasteiger partial charge in [-0.3, -0.25) is 4.90 Å². The smallest absolute Gasteiger partial charge is 0.144 e. The molecule has 0 fully saturated rings. The molecule has 0 amide bonds. The predicted octanol–water partition coefficient (Wildman–Crippen LogP) is 2.65. The lowest BCUT2D eigenvalue weighted by Gasteiger charge is -2.16. The van der Waals surface area contributed by atoms with Gasteiger partial charge in [0.05, 0.1) is 6.54 Å². The van der Waals surface area contributed by atoms with E-state index < -0.39 is 0 Å². The van der Waals surface area contributed by atoms with Crippen molar-refractivity contribution in [1.29, 1.82) is 0 Å². The van der Waals surface area contributed by atoms with E-state index in [1.54, 1.807) is 6.07 Å². The Kier molecular flexibility index (Phi) is 4.35. The van der Waals surface area contributed by atoms with Crippen molar-refractivity contribution in [3.63, 3.8) is 0 Å². The molecule has 0 radical (unpaired) electrons. The van der Waals surface area contributed by atoms with Crippen molar-refractivity contribution in [3.05, 3.63) is 52.4 Å². The van der Waals surface area contributed by atoms with Gasteiger partial charge in [0.1, 0.15) is 11.6 Å². The zero-order chi connectivity index (χ0) is 13.8. The van der Waals surface area contributed by atoms with E-state index in [1.807, 2.05) is 38.2 Å². The number of nitrogens with two attached hydrogens (primary N) is 1. The zero-order valence-electron chi connectivity index (χ0n) is 11.1. The summed E-state index contributed by atoms with van der Waals surface area (Å²) in [5.41, 5.74) is 7.77. The second-order valence-corrected chi connectivity index (χ2v) is 5.09. The molecular weight excluding hydrogens is 260 g/mol. The lowest BCUT2D eigenvalue weighted by atomic mass is 10.2. The van der Waals surface area contributed by atoms with Crippen molar-refractivity contribution in [2.45, 2.75) is 20.0 Å². The first kappa shape index (κ1) is 13.8. The maximum atomic E-state index is 5.97. The van der Waals surface area contributed by atoms with Crippen molar-refractivity contribution < 1.29 is 0 Å². The van der Waals surface area contributed by atoms with Crippen LogP contribution in [0.5, 0.6) is 0 Å². The number of halogens is 1. The SMILES string of the molecule is Cc1cc(N)nc(CN(C)Cc2cccc(Cl)c2)n1. The van der Waals surface area contributed by atoms with Crippen LogP contribution in [-0.4, -0.2) is 21.9 Å². The Morgan fingerprint density at radius 1 is 1.21 bits per heavy atom. The van der Waals surface area contributed by atoms with Crippen LogP contribution in [0.4, 0.5) is 5.82 Å². The molecule has 0 atom stereocenters. The zero-order valence-corrected chi connectivity index (χ0v) is 11.9. The van der Waals surface area contributed by atoms with E-state index in [9.17, 15) is 0 Å². The summed E-state index contributed by atoms with van der Waals surface area (Å²) in [6.07, 6.45) is 0. The van der Waals surface area contributed by atoms with Crippen LogP contribution >= 0.6 is 11.6 Å². The van der Waals surface area contributed by atoms with Gasteiger partial charge in [-0.25, -0.2) is 9.97 Å². The van der Waals surface area contributed by atoms with Gasteiger partial charge in [-0.05, 0) is 31.7 Å². The average molecular weight is 277 g/mol. The van der Waals surface area contributed by atoms with Crippen LogP contribution in [0.2, 0.25) is 5.02 Å². The van der Waals surface area contributed by atoms with E-state index in [1.165, 1.54) is 0 Å². The largest absolute Gasteiger partial charge is 0.384 e. The molecule has 0 aliphatic heterocycles. The fourth-order valence-corrected chi connectivity index (χ4v) is 2.18. The predicted molar refractivity (Wildman–Crippen MR) is 77.8 cm³/mol. The molecule has 0 spiro atoms. The Balaban J connectivity index is 2.03. The van der Waals surface area contributed by atoms with Gasteiger partial charge in [0.25, 0.3) is 0 Å². The second-order valence-electron chi connectivity index (χ2n) is 4.65. The minimum Gasteiger partial charge on any atom is -0.384 e. The highest BCUT2D eigenvalue weighted by Gasteiger charge is 2.06. The Bertz CT molecular complexity index is 551. The molecule has 0 saturated carbocycles. The van der Waals surface area contributed by atoms with Gasteiger partial charge in [-0.1, -0.05) is 23.7 Å². The van der Waals surface area contributed by atoms with E-state index in [4.69, 9.17) is 17.3 Å². The van der Waals surface area contributed by atoms with Crippen molar-refractivity contribution >= 4 is 17.4 Å². The molecule has 19 heavy (non-hydrogen) atoms. The van der Waals surface area contributed by atoms with Crippen LogP contribution in [0.1, 0.15) is 17.1 Å². The average Bonchev–Trinajstić information content (AvgIpc) is 2.26. The Hall–Kier alpha value is -1.65. The topological polar surface area (TPSA) is 55.0 Å². The van der Waals surface area contributed by atoms with Crippen molar-refractivity contribution in [2.75, 3.05) is 12.8 Å². The first-order valence-corrected chi connectivity index (χ1v) is 6.44. The van der Waals surface area contributed by atoms with Gasteiger partial charge >= 0.3 is 0 Å². The number of anilines is 1. The maximum Gasteiger partial charge on any atom is 0.144 e. The molecule has 1 aromatic heterocycles. The van der Waals surface area contributed by atoms with Gasteiger partial charge < -0.3 is 5.73 Å². The Morgan fingerprint density at radius 2 is 2.00 bits per heavy atom. The monoisotopic (exact) mass is 276 g/mol. The molecule has 0 aliphatic carbocycles. The highest BCUT2D eigenvalue weighted by Crippen LogP contribution is 2.13. The van der Waals surface area contributed by atoms with Crippen LogP contribution in [0.25, 0.3) is 0 Å². The van der Waals surface area contributed by atoms with Gasteiger partial charge in [-0.2, -0.15) is 0 Å². The number of nitrogen functional groups attached to an aromatic ring is 1. The van der Waals surface area contributed by atoms with Crippen LogP contribution < -0.4 is 5.73 Å². The summed E-state index contributed by atoms with van der Waals surface area (Å²) in [6, 6.07) is 9.60. The van der Waals surface area contributed by atoms with Crippen LogP contribution in [0.3, 0.4) is 0 Å². The highest BCUT2D eigenvalue weighted by molar-refractivity contribution is 6.30. The van der Waals surface area contributed by atoms with Gasteiger partial charge in [-0.15, -0.1) is 0 Å². The van der Waals surface area contributed by atoms with Crippen LogP contribution in [0, 0.1) is 6.92 Å². The van der Waals surface area contributed by atoms with E-state index in [0.717, 1.165) is 28.6 Å². The third kappa shape index (κ3) is 4.19. The molecule has 0 saturated heterocycles. The van der Waals surface area contributed by atoms with E-state index >= 15 is 0 Å². The summed E-state index contributed by atoms with van der Waals surface area (Å²) in [5.74, 6) is 1.25. The number of rotatable bonds is 4. The van der Waals surface area contributed by atoms with Crippen molar-refractivity contribution in [3.8, 4) is 0 Å².